The van der Waals surface area contributed by atoms with Crippen LogP contribution >= 0.6 is 11.3 Å². The Morgan fingerprint density at radius 2 is 2.14 bits per heavy atom. The predicted molar refractivity (Wildman–Crippen MR) is 81.8 cm³/mol. The summed E-state index contributed by atoms with van der Waals surface area (Å²) in [6, 6.07) is 10.8. The molecule has 0 aliphatic rings. The van der Waals surface area contributed by atoms with E-state index in [1.54, 1.807) is 24.3 Å². The zero-order valence-electron chi connectivity index (χ0n) is 11.8. The van der Waals surface area contributed by atoms with Crippen LogP contribution in [0.5, 0.6) is 5.75 Å². The lowest BCUT2D eigenvalue weighted by Gasteiger charge is -2.07. The van der Waals surface area contributed by atoms with Crippen LogP contribution in [0.15, 0.2) is 46.2 Å². The van der Waals surface area contributed by atoms with Crippen LogP contribution in [0.3, 0.4) is 0 Å². The first kappa shape index (κ1) is 14.3. The van der Waals surface area contributed by atoms with Crippen molar-refractivity contribution in [2.45, 2.75) is 6.54 Å². The molecule has 3 rings (SSSR count). The molecule has 0 saturated carbocycles. The van der Waals surface area contributed by atoms with Gasteiger partial charge < -0.3 is 14.5 Å². The highest BCUT2D eigenvalue weighted by atomic mass is 32.1. The van der Waals surface area contributed by atoms with Crippen LogP contribution in [0.1, 0.15) is 16.2 Å². The second-order valence-electron chi connectivity index (χ2n) is 4.36. The van der Waals surface area contributed by atoms with E-state index < -0.39 is 0 Å². The monoisotopic (exact) mass is 315 g/mol. The molecule has 0 atom stereocenters. The fraction of sp³-hybridized carbons (Fsp3) is 0.133. The lowest BCUT2D eigenvalue weighted by Crippen LogP contribution is -2.23. The van der Waals surface area contributed by atoms with Crippen LogP contribution in [0.4, 0.5) is 0 Å². The molecule has 0 aliphatic heterocycles. The molecule has 22 heavy (non-hydrogen) atoms. The van der Waals surface area contributed by atoms with Gasteiger partial charge in [0.05, 0.1) is 24.1 Å². The van der Waals surface area contributed by atoms with E-state index >= 15 is 0 Å². The minimum atomic E-state index is -0.256. The smallest absolute Gasteiger partial charge is 0.257 e. The summed E-state index contributed by atoms with van der Waals surface area (Å²) in [5.41, 5.74) is 0.461. The summed E-state index contributed by atoms with van der Waals surface area (Å²) in [5.74, 6) is 1.07. The third kappa shape index (κ3) is 2.99. The Labute approximate surface area is 130 Å². The summed E-state index contributed by atoms with van der Waals surface area (Å²) in [6.45, 7) is 0.162. The summed E-state index contributed by atoms with van der Waals surface area (Å²) in [7, 11) is 1.53. The summed E-state index contributed by atoms with van der Waals surface area (Å²) in [4.78, 5) is 13.1. The van der Waals surface area contributed by atoms with Crippen molar-refractivity contribution in [3.8, 4) is 16.5 Å². The number of ether oxygens (including phenoxy) is 1. The largest absolute Gasteiger partial charge is 0.496 e. The number of hydrogen-bond acceptors (Lipinski definition) is 6. The SMILES string of the molecule is COc1ccccc1C(=O)NCc1nnc(-c2cccs2)o1. The Hall–Kier alpha value is -2.67. The molecule has 0 saturated heterocycles. The quantitative estimate of drug-likeness (QED) is 0.783. The number of amides is 1. The van der Waals surface area contributed by atoms with Crippen LogP contribution in [-0.2, 0) is 6.54 Å². The number of carbonyl (C=O) groups is 1. The fourth-order valence-corrected chi connectivity index (χ4v) is 2.55. The molecule has 0 bridgehead atoms. The van der Waals surface area contributed by atoms with Gasteiger partial charge in [0, 0.05) is 0 Å². The number of aromatic nitrogens is 2. The molecule has 0 radical (unpaired) electrons. The highest BCUT2D eigenvalue weighted by molar-refractivity contribution is 7.13. The Balaban J connectivity index is 1.66. The van der Waals surface area contributed by atoms with Gasteiger partial charge in [0.2, 0.25) is 5.89 Å². The fourth-order valence-electron chi connectivity index (χ4n) is 1.91. The van der Waals surface area contributed by atoms with Crippen molar-refractivity contribution < 1.29 is 13.9 Å². The maximum atomic E-state index is 12.2. The first-order chi connectivity index (χ1) is 10.8. The molecule has 0 unspecified atom stereocenters. The zero-order valence-corrected chi connectivity index (χ0v) is 12.6. The van der Waals surface area contributed by atoms with Crippen molar-refractivity contribution in [1.29, 1.82) is 0 Å². The van der Waals surface area contributed by atoms with Crippen molar-refractivity contribution >= 4 is 17.2 Å². The van der Waals surface area contributed by atoms with Gasteiger partial charge in [-0.15, -0.1) is 21.5 Å². The molecule has 6 nitrogen and oxygen atoms in total. The average molecular weight is 315 g/mol. The second-order valence-corrected chi connectivity index (χ2v) is 5.31. The molecule has 1 amide bonds. The third-order valence-electron chi connectivity index (χ3n) is 2.95. The molecule has 0 spiro atoms. The minimum Gasteiger partial charge on any atom is -0.496 e. The topological polar surface area (TPSA) is 77.2 Å². The molecule has 0 fully saturated rings. The summed E-state index contributed by atoms with van der Waals surface area (Å²) < 4.78 is 10.7. The van der Waals surface area contributed by atoms with Crippen molar-refractivity contribution in [2.75, 3.05) is 7.11 Å². The molecular formula is C15H13N3O3S. The van der Waals surface area contributed by atoms with Crippen molar-refractivity contribution in [3.63, 3.8) is 0 Å². The molecular weight excluding hydrogens is 302 g/mol. The van der Waals surface area contributed by atoms with Gasteiger partial charge in [0.1, 0.15) is 5.75 Å². The highest BCUT2D eigenvalue weighted by Crippen LogP contribution is 2.23. The number of benzene rings is 1. The van der Waals surface area contributed by atoms with Gasteiger partial charge in [-0.25, -0.2) is 0 Å². The molecule has 1 N–H and O–H groups in total. The van der Waals surface area contributed by atoms with E-state index in [0.717, 1.165) is 4.88 Å². The summed E-state index contributed by atoms with van der Waals surface area (Å²) >= 11 is 1.52. The molecule has 0 aliphatic carbocycles. The van der Waals surface area contributed by atoms with Crippen LogP contribution < -0.4 is 10.1 Å². The molecule has 3 aromatic rings. The van der Waals surface area contributed by atoms with Gasteiger partial charge in [0.15, 0.2) is 0 Å². The molecule has 7 heteroatoms. The molecule has 2 heterocycles. The number of carbonyl (C=O) groups excluding carboxylic acids is 1. The number of para-hydroxylation sites is 1. The van der Waals surface area contributed by atoms with Crippen molar-refractivity contribution in [1.82, 2.24) is 15.5 Å². The molecule has 2 aromatic heterocycles. The second kappa shape index (κ2) is 6.40. The van der Waals surface area contributed by atoms with E-state index in [0.29, 0.717) is 23.1 Å². The van der Waals surface area contributed by atoms with Gasteiger partial charge >= 0.3 is 0 Å². The van der Waals surface area contributed by atoms with E-state index in [4.69, 9.17) is 9.15 Å². The lowest BCUT2D eigenvalue weighted by atomic mass is 10.2. The Morgan fingerprint density at radius 1 is 1.27 bits per heavy atom. The van der Waals surface area contributed by atoms with Crippen LogP contribution in [-0.4, -0.2) is 23.2 Å². The normalized spacial score (nSPS) is 10.4. The summed E-state index contributed by atoms with van der Waals surface area (Å²) in [6.07, 6.45) is 0. The van der Waals surface area contributed by atoms with Crippen molar-refractivity contribution in [2.24, 2.45) is 0 Å². The summed E-state index contributed by atoms with van der Waals surface area (Å²) in [5, 5.41) is 12.6. The van der Waals surface area contributed by atoms with Crippen LogP contribution in [0, 0.1) is 0 Å². The van der Waals surface area contributed by atoms with Crippen molar-refractivity contribution in [3.05, 3.63) is 53.2 Å². The number of nitrogens with zero attached hydrogens (tertiary/aromatic N) is 2. The van der Waals surface area contributed by atoms with E-state index in [2.05, 4.69) is 15.5 Å². The van der Waals surface area contributed by atoms with Crippen LogP contribution in [0.25, 0.3) is 10.8 Å². The maximum absolute atomic E-state index is 12.2. The first-order valence-corrected chi connectivity index (χ1v) is 7.43. The third-order valence-corrected chi connectivity index (χ3v) is 3.81. The Morgan fingerprint density at radius 3 is 2.91 bits per heavy atom. The average Bonchev–Trinajstić information content (AvgIpc) is 3.23. The van der Waals surface area contributed by atoms with Gasteiger partial charge in [-0.2, -0.15) is 0 Å². The first-order valence-electron chi connectivity index (χ1n) is 6.55. The van der Waals surface area contributed by atoms with Gasteiger partial charge in [0.25, 0.3) is 11.8 Å². The van der Waals surface area contributed by atoms with Gasteiger partial charge in [-0.05, 0) is 23.6 Å². The van der Waals surface area contributed by atoms with E-state index in [1.165, 1.54) is 18.4 Å². The van der Waals surface area contributed by atoms with Crippen LogP contribution in [0.2, 0.25) is 0 Å². The number of hydrogen-bond donors (Lipinski definition) is 1. The highest BCUT2D eigenvalue weighted by Gasteiger charge is 2.13. The Bertz CT molecular complexity index is 768. The number of thiophene rings is 1. The lowest BCUT2D eigenvalue weighted by molar-refractivity contribution is 0.0944. The Kier molecular flexibility index (Phi) is 4.15. The van der Waals surface area contributed by atoms with E-state index in [9.17, 15) is 4.79 Å². The number of rotatable bonds is 5. The standard InChI is InChI=1S/C15H13N3O3S/c1-20-11-6-3-2-5-10(11)14(19)16-9-13-17-18-15(21-13)12-7-4-8-22-12/h2-8H,9H2,1H3,(H,16,19). The maximum Gasteiger partial charge on any atom is 0.257 e. The van der Waals surface area contributed by atoms with E-state index in [1.807, 2.05) is 17.5 Å². The minimum absolute atomic E-state index is 0.162. The number of methoxy groups -OCH3 is 1. The van der Waals surface area contributed by atoms with Gasteiger partial charge in [-0.3, -0.25) is 4.79 Å². The molecule has 1 aromatic carbocycles. The number of nitrogens with one attached hydrogen (secondary N) is 1. The predicted octanol–water partition coefficient (Wildman–Crippen LogP) is 2.74. The zero-order chi connectivity index (χ0) is 15.4. The molecule has 112 valence electrons. The van der Waals surface area contributed by atoms with Gasteiger partial charge in [-0.1, -0.05) is 18.2 Å². The van der Waals surface area contributed by atoms with E-state index in [-0.39, 0.29) is 12.5 Å².